The summed E-state index contributed by atoms with van der Waals surface area (Å²) in [6.45, 7) is 2.21. The van der Waals surface area contributed by atoms with Gasteiger partial charge in [0.1, 0.15) is 0 Å². The van der Waals surface area contributed by atoms with E-state index in [-0.39, 0.29) is 11.5 Å². The minimum atomic E-state index is -0.168. The van der Waals surface area contributed by atoms with Crippen molar-refractivity contribution in [3.8, 4) is 0 Å². The first-order valence-corrected chi connectivity index (χ1v) is 6.17. The van der Waals surface area contributed by atoms with Crippen LogP contribution >= 0.6 is 0 Å². The lowest BCUT2D eigenvalue weighted by Crippen LogP contribution is -2.46. The van der Waals surface area contributed by atoms with Crippen molar-refractivity contribution >= 4 is 0 Å². The lowest BCUT2D eigenvalue weighted by Gasteiger charge is -2.41. The molecule has 1 aromatic carbocycles. The Morgan fingerprint density at radius 3 is 2.69 bits per heavy atom. The highest BCUT2D eigenvalue weighted by Gasteiger charge is 2.46. The number of hydrogen-bond acceptors (Lipinski definition) is 2. The van der Waals surface area contributed by atoms with Crippen LogP contribution in [-0.2, 0) is 11.8 Å². The van der Waals surface area contributed by atoms with E-state index in [1.54, 1.807) is 0 Å². The predicted molar refractivity (Wildman–Crippen MR) is 64.6 cm³/mol. The molecule has 2 heteroatoms. The Labute approximate surface area is 96.9 Å². The summed E-state index contributed by atoms with van der Waals surface area (Å²) >= 11 is 0. The number of benzene rings is 1. The first kappa shape index (κ1) is 10.3. The van der Waals surface area contributed by atoms with Crippen LogP contribution in [0.1, 0.15) is 24.0 Å². The van der Waals surface area contributed by atoms with Crippen molar-refractivity contribution in [2.75, 3.05) is 20.1 Å². The van der Waals surface area contributed by atoms with E-state index in [0.717, 1.165) is 32.4 Å². The first-order chi connectivity index (χ1) is 7.72. The number of fused-ring (bicyclic) bond motifs is 2. The van der Waals surface area contributed by atoms with Gasteiger partial charge in [-0.3, -0.25) is 0 Å². The van der Waals surface area contributed by atoms with Gasteiger partial charge in [0.25, 0.3) is 0 Å². The Kier molecular flexibility index (Phi) is 2.30. The molecule has 0 amide bonds. The molecule has 86 valence electrons. The van der Waals surface area contributed by atoms with Gasteiger partial charge in [-0.2, -0.15) is 0 Å². The molecule has 0 radical (unpaired) electrons. The average molecular weight is 217 g/mol. The highest BCUT2D eigenvalue weighted by Crippen LogP contribution is 2.45. The van der Waals surface area contributed by atoms with Gasteiger partial charge < -0.3 is 10.0 Å². The maximum atomic E-state index is 10.4. The topological polar surface area (TPSA) is 23.5 Å². The van der Waals surface area contributed by atoms with Crippen LogP contribution in [0.4, 0.5) is 0 Å². The van der Waals surface area contributed by atoms with E-state index in [1.807, 2.05) is 0 Å². The number of piperidine rings is 1. The van der Waals surface area contributed by atoms with Crippen molar-refractivity contribution in [3.05, 3.63) is 35.4 Å². The number of aliphatic hydroxyl groups excluding tert-OH is 1. The maximum Gasteiger partial charge on any atom is 0.0678 e. The van der Waals surface area contributed by atoms with E-state index in [0.29, 0.717) is 0 Å². The van der Waals surface area contributed by atoms with Crippen molar-refractivity contribution in [2.24, 2.45) is 0 Å². The molecule has 1 spiro atoms. The Bertz CT molecular complexity index is 393. The monoisotopic (exact) mass is 217 g/mol. The van der Waals surface area contributed by atoms with E-state index >= 15 is 0 Å². The molecule has 3 rings (SSSR count). The van der Waals surface area contributed by atoms with E-state index in [4.69, 9.17) is 0 Å². The second-order valence-corrected chi connectivity index (χ2v) is 5.34. The number of nitrogens with zero attached hydrogens (tertiary/aromatic N) is 1. The summed E-state index contributed by atoms with van der Waals surface area (Å²) in [4.78, 5) is 2.36. The molecule has 1 saturated heterocycles. The minimum Gasteiger partial charge on any atom is -0.392 e. The number of likely N-dealkylation sites (tertiary alicyclic amines) is 1. The van der Waals surface area contributed by atoms with Gasteiger partial charge >= 0.3 is 0 Å². The lowest BCUT2D eigenvalue weighted by molar-refractivity contribution is 0.0500. The van der Waals surface area contributed by atoms with Crippen LogP contribution in [-0.4, -0.2) is 36.2 Å². The predicted octanol–water partition coefficient (Wildman–Crippen LogP) is 1.57. The van der Waals surface area contributed by atoms with Crippen molar-refractivity contribution in [1.29, 1.82) is 0 Å². The molecule has 1 unspecified atom stereocenters. The second-order valence-electron chi connectivity index (χ2n) is 5.34. The van der Waals surface area contributed by atoms with Crippen molar-refractivity contribution in [3.63, 3.8) is 0 Å². The fourth-order valence-corrected chi connectivity index (χ4v) is 3.39. The van der Waals surface area contributed by atoms with Crippen LogP contribution < -0.4 is 0 Å². The number of hydrogen-bond donors (Lipinski definition) is 1. The SMILES string of the molecule is CN1CCC2(CC1)c1ccccc1CC2O. The van der Waals surface area contributed by atoms with E-state index < -0.39 is 0 Å². The van der Waals surface area contributed by atoms with Crippen molar-refractivity contribution in [2.45, 2.75) is 30.8 Å². The molecule has 1 heterocycles. The van der Waals surface area contributed by atoms with Gasteiger partial charge in [0, 0.05) is 5.41 Å². The zero-order valence-electron chi connectivity index (χ0n) is 9.82. The third-order valence-corrected chi connectivity index (χ3v) is 4.48. The summed E-state index contributed by atoms with van der Waals surface area (Å²) in [7, 11) is 2.17. The van der Waals surface area contributed by atoms with Gasteiger partial charge in [0.05, 0.1) is 6.10 Å². The zero-order chi connectivity index (χ0) is 11.2. The van der Waals surface area contributed by atoms with E-state index in [9.17, 15) is 5.11 Å². The standard InChI is InChI=1S/C14H19NO/c1-15-8-6-14(7-9-15)12-5-3-2-4-11(12)10-13(14)16/h2-5,13,16H,6-10H2,1H3. The van der Waals surface area contributed by atoms with Gasteiger partial charge in [0.2, 0.25) is 0 Å². The van der Waals surface area contributed by atoms with E-state index in [2.05, 4.69) is 36.2 Å². The number of aliphatic hydroxyl groups is 1. The summed E-state index contributed by atoms with van der Waals surface area (Å²) in [5.74, 6) is 0. The van der Waals surface area contributed by atoms with Gasteiger partial charge in [-0.15, -0.1) is 0 Å². The zero-order valence-corrected chi connectivity index (χ0v) is 9.82. The van der Waals surface area contributed by atoms with E-state index in [1.165, 1.54) is 11.1 Å². The summed E-state index contributed by atoms with van der Waals surface area (Å²) in [6, 6.07) is 8.58. The van der Waals surface area contributed by atoms with Crippen LogP contribution in [0.5, 0.6) is 0 Å². The average Bonchev–Trinajstić information content (AvgIpc) is 2.57. The molecule has 1 N–H and O–H groups in total. The smallest absolute Gasteiger partial charge is 0.0678 e. The molecule has 2 nitrogen and oxygen atoms in total. The van der Waals surface area contributed by atoms with Gasteiger partial charge in [-0.25, -0.2) is 0 Å². The Morgan fingerprint density at radius 1 is 1.25 bits per heavy atom. The molecular weight excluding hydrogens is 198 g/mol. The quantitative estimate of drug-likeness (QED) is 0.713. The van der Waals surface area contributed by atoms with Crippen molar-refractivity contribution in [1.82, 2.24) is 4.90 Å². The second kappa shape index (κ2) is 3.57. The Hall–Kier alpha value is -0.860. The highest BCUT2D eigenvalue weighted by atomic mass is 16.3. The normalized spacial score (nSPS) is 28.2. The third kappa shape index (κ3) is 1.33. The molecule has 1 fully saturated rings. The molecule has 0 aromatic heterocycles. The summed E-state index contributed by atoms with van der Waals surface area (Å²) in [5.41, 5.74) is 2.83. The van der Waals surface area contributed by atoms with Gasteiger partial charge in [-0.05, 0) is 50.5 Å². The van der Waals surface area contributed by atoms with Gasteiger partial charge in [-0.1, -0.05) is 24.3 Å². The summed E-state index contributed by atoms with van der Waals surface area (Å²) in [5, 5.41) is 10.4. The summed E-state index contributed by atoms with van der Waals surface area (Å²) < 4.78 is 0. The molecule has 1 aliphatic heterocycles. The van der Waals surface area contributed by atoms with Crippen LogP contribution in [0.3, 0.4) is 0 Å². The fraction of sp³-hybridized carbons (Fsp3) is 0.571. The summed E-state index contributed by atoms with van der Waals surface area (Å²) in [6.07, 6.45) is 2.88. The molecule has 1 aliphatic carbocycles. The molecule has 2 aliphatic rings. The van der Waals surface area contributed by atoms with Crippen LogP contribution in [0, 0.1) is 0 Å². The molecule has 16 heavy (non-hydrogen) atoms. The molecule has 0 saturated carbocycles. The maximum absolute atomic E-state index is 10.4. The first-order valence-electron chi connectivity index (χ1n) is 6.17. The van der Waals surface area contributed by atoms with Gasteiger partial charge in [0.15, 0.2) is 0 Å². The van der Waals surface area contributed by atoms with Crippen LogP contribution in [0.2, 0.25) is 0 Å². The van der Waals surface area contributed by atoms with Crippen molar-refractivity contribution < 1.29 is 5.11 Å². The third-order valence-electron chi connectivity index (χ3n) is 4.48. The van der Waals surface area contributed by atoms with Crippen LogP contribution in [0.15, 0.2) is 24.3 Å². The van der Waals surface area contributed by atoms with Crippen LogP contribution in [0.25, 0.3) is 0 Å². The molecule has 1 atom stereocenters. The largest absolute Gasteiger partial charge is 0.392 e. The number of rotatable bonds is 0. The Balaban J connectivity index is 2.01. The molecular formula is C14H19NO. The fourth-order valence-electron chi connectivity index (χ4n) is 3.39. The lowest BCUT2D eigenvalue weighted by atomic mass is 9.72. The molecule has 0 bridgehead atoms. The molecule has 1 aromatic rings. The minimum absolute atomic E-state index is 0.0586. The highest BCUT2D eigenvalue weighted by molar-refractivity contribution is 5.42. The Morgan fingerprint density at radius 2 is 1.94 bits per heavy atom.